The number of hydrogen-bond donors (Lipinski definition) is 1. The molecule has 1 aliphatic rings. The average molecular weight is 276 g/mol. The van der Waals surface area contributed by atoms with Crippen LogP contribution in [0.5, 0.6) is 0 Å². The van der Waals surface area contributed by atoms with Crippen LogP contribution in [0.3, 0.4) is 0 Å². The van der Waals surface area contributed by atoms with E-state index in [1.807, 2.05) is 0 Å². The van der Waals surface area contributed by atoms with Crippen molar-refractivity contribution in [3.63, 3.8) is 0 Å². The first-order valence-electron chi connectivity index (χ1n) is 4.70. The van der Waals surface area contributed by atoms with E-state index in [1.165, 1.54) is 0 Å². The number of carbonyl (C=O) groups is 1. The van der Waals surface area contributed by atoms with E-state index in [1.54, 1.807) is 0 Å². The number of hydrogen-bond acceptors (Lipinski definition) is 4. The van der Waals surface area contributed by atoms with E-state index in [9.17, 15) is 4.79 Å². The van der Waals surface area contributed by atoms with Crippen LogP contribution in [0, 0.1) is 0 Å². The van der Waals surface area contributed by atoms with Gasteiger partial charge in [-0.25, -0.2) is 4.79 Å². The van der Waals surface area contributed by atoms with Gasteiger partial charge < -0.3 is 14.4 Å². The van der Waals surface area contributed by atoms with Gasteiger partial charge in [-0.2, -0.15) is 0 Å². The molecule has 0 aliphatic carbocycles. The lowest BCUT2D eigenvalue weighted by molar-refractivity contribution is -0.00238. The summed E-state index contributed by atoms with van der Waals surface area (Å²) < 4.78 is 10.7. The first kappa shape index (κ1) is 10.6. The second kappa shape index (κ2) is 4.32. The zero-order chi connectivity index (χ0) is 10.8. The molecule has 1 N–H and O–H groups in total. The summed E-state index contributed by atoms with van der Waals surface area (Å²) in [5.74, 6) is -0.735. The molecule has 2 heterocycles. The molecule has 1 unspecified atom stereocenters. The molecule has 6 heteroatoms. The van der Waals surface area contributed by atoms with E-state index in [-0.39, 0.29) is 16.3 Å². The summed E-state index contributed by atoms with van der Waals surface area (Å²) in [4.78, 5) is 11.0. The summed E-state index contributed by atoms with van der Waals surface area (Å²) in [5.41, 5.74) is 0.0712. The van der Waals surface area contributed by atoms with E-state index in [0.29, 0.717) is 12.4 Å². The maximum absolute atomic E-state index is 11.0. The summed E-state index contributed by atoms with van der Waals surface area (Å²) in [5, 5.41) is 12.6. The zero-order valence-corrected chi connectivity index (χ0v) is 9.49. The number of carboxylic acid groups (broad SMARTS) is 1. The van der Waals surface area contributed by atoms with E-state index in [0.717, 1.165) is 19.3 Å². The van der Waals surface area contributed by atoms with Crippen LogP contribution in [0.1, 0.15) is 41.5 Å². The molecule has 82 valence electrons. The van der Waals surface area contributed by atoms with Gasteiger partial charge in [0, 0.05) is 6.61 Å². The van der Waals surface area contributed by atoms with Crippen molar-refractivity contribution >= 4 is 21.9 Å². The van der Waals surface area contributed by atoms with Gasteiger partial charge in [0.25, 0.3) is 0 Å². The van der Waals surface area contributed by atoms with Gasteiger partial charge >= 0.3 is 5.97 Å². The Morgan fingerprint density at radius 2 is 2.33 bits per heavy atom. The van der Waals surface area contributed by atoms with E-state index in [2.05, 4.69) is 21.1 Å². The Balaban J connectivity index is 2.30. The molecule has 1 fully saturated rings. The molecule has 1 aromatic rings. The Kier molecular flexibility index (Phi) is 3.06. The van der Waals surface area contributed by atoms with Crippen molar-refractivity contribution in [2.24, 2.45) is 0 Å². The highest BCUT2D eigenvalue weighted by atomic mass is 79.9. The van der Waals surface area contributed by atoms with Crippen molar-refractivity contribution < 1.29 is 19.2 Å². The Hall–Kier alpha value is -0.880. The minimum atomic E-state index is -1.05. The lowest BCUT2D eigenvalue weighted by Crippen LogP contribution is -2.13. The first-order chi connectivity index (χ1) is 7.20. The SMILES string of the molecule is O=C(O)c1c(Br)noc1C1CCCCO1. The van der Waals surface area contributed by atoms with Gasteiger partial charge in [-0.1, -0.05) is 5.16 Å². The van der Waals surface area contributed by atoms with E-state index >= 15 is 0 Å². The molecule has 0 spiro atoms. The highest BCUT2D eigenvalue weighted by molar-refractivity contribution is 9.10. The normalized spacial score (nSPS) is 21.5. The molecule has 1 saturated heterocycles. The van der Waals surface area contributed by atoms with Crippen molar-refractivity contribution in [2.75, 3.05) is 6.61 Å². The van der Waals surface area contributed by atoms with Crippen LogP contribution in [-0.4, -0.2) is 22.8 Å². The second-order valence-corrected chi connectivity index (χ2v) is 4.12. The number of halogens is 1. The summed E-state index contributed by atoms with van der Waals surface area (Å²) in [7, 11) is 0. The predicted molar refractivity (Wildman–Crippen MR) is 53.7 cm³/mol. The number of ether oxygens (including phenoxy) is 1. The van der Waals surface area contributed by atoms with Gasteiger partial charge in [-0.05, 0) is 35.2 Å². The van der Waals surface area contributed by atoms with Gasteiger partial charge in [0.1, 0.15) is 11.7 Å². The topological polar surface area (TPSA) is 72.6 Å². The first-order valence-corrected chi connectivity index (χ1v) is 5.49. The van der Waals surface area contributed by atoms with Gasteiger partial charge in [0.15, 0.2) is 10.4 Å². The van der Waals surface area contributed by atoms with Crippen LogP contribution in [0.4, 0.5) is 0 Å². The molecule has 1 atom stereocenters. The average Bonchev–Trinajstić information content (AvgIpc) is 2.61. The van der Waals surface area contributed by atoms with Crippen LogP contribution in [0.15, 0.2) is 9.13 Å². The van der Waals surface area contributed by atoms with Crippen LogP contribution >= 0.6 is 15.9 Å². The van der Waals surface area contributed by atoms with Crippen molar-refractivity contribution in [2.45, 2.75) is 25.4 Å². The standard InChI is InChI=1S/C9H10BrNO4/c10-8-6(9(12)13)7(15-11-8)5-3-1-2-4-14-5/h5H,1-4H2,(H,12,13). The predicted octanol–water partition coefficient (Wildman–Crippen LogP) is 2.38. The maximum Gasteiger partial charge on any atom is 0.342 e. The number of aromatic carboxylic acids is 1. The number of rotatable bonds is 2. The second-order valence-electron chi connectivity index (χ2n) is 3.37. The highest BCUT2D eigenvalue weighted by Gasteiger charge is 2.29. The minimum Gasteiger partial charge on any atom is -0.477 e. The summed E-state index contributed by atoms with van der Waals surface area (Å²) in [6.45, 7) is 0.641. The van der Waals surface area contributed by atoms with Crippen molar-refractivity contribution in [3.05, 3.63) is 15.9 Å². The molecule has 0 saturated carbocycles. The number of carboxylic acids is 1. The summed E-state index contributed by atoms with van der Waals surface area (Å²) in [6, 6.07) is 0. The summed E-state index contributed by atoms with van der Waals surface area (Å²) in [6.07, 6.45) is 2.53. The lowest BCUT2D eigenvalue weighted by atomic mass is 10.0. The van der Waals surface area contributed by atoms with E-state index < -0.39 is 5.97 Å². The van der Waals surface area contributed by atoms with Gasteiger partial charge in [-0.15, -0.1) is 0 Å². The molecule has 0 amide bonds. The van der Waals surface area contributed by atoms with Crippen molar-refractivity contribution in [3.8, 4) is 0 Å². The third kappa shape index (κ3) is 2.05. The molecule has 1 aromatic heterocycles. The van der Waals surface area contributed by atoms with Crippen LogP contribution in [-0.2, 0) is 4.74 Å². The lowest BCUT2D eigenvalue weighted by Gasteiger charge is -2.20. The fourth-order valence-corrected chi connectivity index (χ4v) is 2.08. The fraction of sp³-hybridized carbons (Fsp3) is 0.556. The Bertz CT molecular complexity index is 370. The molecule has 0 radical (unpaired) electrons. The Labute approximate surface area is 94.5 Å². The van der Waals surface area contributed by atoms with Crippen molar-refractivity contribution in [1.82, 2.24) is 5.16 Å². The number of nitrogens with zero attached hydrogens (tertiary/aromatic N) is 1. The smallest absolute Gasteiger partial charge is 0.342 e. The molecule has 2 rings (SSSR count). The van der Waals surface area contributed by atoms with Gasteiger partial charge in [0.2, 0.25) is 0 Å². The zero-order valence-electron chi connectivity index (χ0n) is 7.90. The van der Waals surface area contributed by atoms with E-state index in [4.69, 9.17) is 14.4 Å². The summed E-state index contributed by atoms with van der Waals surface area (Å²) >= 11 is 3.04. The molecule has 0 aromatic carbocycles. The molecule has 0 bridgehead atoms. The molecule has 15 heavy (non-hydrogen) atoms. The number of aromatic nitrogens is 1. The molecule has 1 aliphatic heterocycles. The molecule has 5 nitrogen and oxygen atoms in total. The van der Waals surface area contributed by atoms with Crippen LogP contribution in [0.2, 0.25) is 0 Å². The van der Waals surface area contributed by atoms with Crippen molar-refractivity contribution in [1.29, 1.82) is 0 Å². The van der Waals surface area contributed by atoms with Gasteiger partial charge in [0.05, 0.1) is 0 Å². The minimum absolute atomic E-state index is 0.0712. The third-order valence-corrected chi connectivity index (χ3v) is 2.90. The third-order valence-electron chi connectivity index (χ3n) is 2.36. The fourth-order valence-electron chi connectivity index (χ4n) is 1.64. The van der Waals surface area contributed by atoms with Crippen LogP contribution < -0.4 is 0 Å². The quantitative estimate of drug-likeness (QED) is 0.897. The maximum atomic E-state index is 11.0. The largest absolute Gasteiger partial charge is 0.477 e. The molecular formula is C9H10BrNO4. The monoisotopic (exact) mass is 275 g/mol. The van der Waals surface area contributed by atoms with Crippen LogP contribution in [0.25, 0.3) is 0 Å². The highest BCUT2D eigenvalue weighted by Crippen LogP contribution is 2.33. The Morgan fingerprint density at radius 3 is 2.93 bits per heavy atom. The Morgan fingerprint density at radius 1 is 1.53 bits per heavy atom. The van der Waals surface area contributed by atoms with Gasteiger partial charge in [-0.3, -0.25) is 0 Å². The molecular weight excluding hydrogens is 266 g/mol.